The van der Waals surface area contributed by atoms with E-state index < -0.39 is 24.1 Å². The second-order valence-corrected chi connectivity index (χ2v) is 2.38. The molecule has 0 saturated heterocycles. The van der Waals surface area contributed by atoms with Gasteiger partial charge < -0.3 is 25.2 Å². The Bertz CT molecular complexity index is 166. The second kappa shape index (κ2) is 3.08. The van der Waals surface area contributed by atoms with Crippen LogP contribution in [0, 0.1) is 0 Å². The minimum atomic E-state index is -1.47. The van der Waals surface area contributed by atoms with E-state index in [1.54, 1.807) is 0 Å². The molecule has 1 aliphatic rings. The predicted octanol–water partition coefficient (Wildman–Crippen LogP) is -1.50. The summed E-state index contributed by atoms with van der Waals surface area (Å²) in [5, 5.41) is 35.8. The summed E-state index contributed by atoms with van der Waals surface area (Å²) in [5.74, 6) is -0.478. The van der Waals surface area contributed by atoms with Gasteiger partial charge in [-0.05, 0) is 0 Å². The Hall–Kier alpha value is -0.780. The molecule has 0 aromatic rings. The summed E-state index contributed by atoms with van der Waals surface area (Å²) in [7, 11) is 0. The minimum Gasteiger partial charge on any atom is -0.506 e. The van der Waals surface area contributed by atoms with Crippen molar-refractivity contribution in [3.8, 4) is 0 Å². The molecular formula is C6H10O5. The van der Waals surface area contributed by atoms with Crippen molar-refractivity contribution < 1.29 is 25.2 Å². The van der Waals surface area contributed by atoms with Crippen molar-refractivity contribution in [2.45, 2.75) is 18.3 Å². The smallest absolute Gasteiger partial charge is 0.158 e. The number of hydrogen-bond acceptors (Lipinski definition) is 5. The number of hydrogen-bond donors (Lipinski definition) is 4. The first-order valence-electron chi connectivity index (χ1n) is 3.17. The lowest BCUT2D eigenvalue weighted by Crippen LogP contribution is -2.39. The van der Waals surface area contributed by atoms with E-state index in [4.69, 9.17) is 20.4 Å². The predicted molar refractivity (Wildman–Crippen MR) is 34.7 cm³/mol. The largest absolute Gasteiger partial charge is 0.506 e. The molecule has 4 N–H and O–H groups in total. The molecule has 1 aliphatic heterocycles. The molecule has 1 rings (SSSR count). The third kappa shape index (κ3) is 1.62. The van der Waals surface area contributed by atoms with E-state index in [0.717, 1.165) is 6.26 Å². The molecule has 0 spiro atoms. The van der Waals surface area contributed by atoms with Gasteiger partial charge in [-0.2, -0.15) is 0 Å². The van der Waals surface area contributed by atoms with Gasteiger partial charge in [-0.1, -0.05) is 0 Å². The van der Waals surface area contributed by atoms with Crippen LogP contribution in [0.15, 0.2) is 12.0 Å². The van der Waals surface area contributed by atoms with Gasteiger partial charge >= 0.3 is 0 Å². The summed E-state index contributed by atoms with van der Waals surface area (Å²) >= 11 is 0. The van der Waals surface area contributed by atoms with Gasteiger partial charge in [0.05, 0.1) is 0 Å². The topological polar surface area (TPSA) is 90.2 Å². The van der Waals surface area contributed by atoms with Gasteiger partial charge in [-0.25, -0.2) is 0 Å². The van der Waals surface area contributed by atoms with E-state index in [1.165, 1.54) is 0 Å². The lowest BCUT2D eigenvalue weighted by molar-refractivity contribution is -0.0639. The highest BCUT2D eigenvalue weighted by molar-refractivity contribution is 5.01. The Morgan fingerprint density at radius 2 is 2.00 bits per heavy atom. The van der Waals surface area contributed by atoms with Gasteiger partial charge in [0.15, 0.2) is 5.76 Å². The molecule has 11 heavy (non-hydrogen) atoms. The molecule has 5 nitrogen and oxygen atoms in total. The Kier molecular flexibility index (Phi) is 2.33. The molecule has 0 radical (unpaired) electrons. The molecule has 0 aliphatic carbocycles. The third-order valence-electron chi connectivity index (χ3n) is 1.49. The number of aliphatic hydroxyl groups excluding tert-OH is 4. The monoisotopic (exact) mass is 162 g/mol. The van der Waals surface area contributed by atoms with Crippen molar-refractivity contribution in [3.05, 3.63) is 12.0 Å². The maximum atomic E-state index is 9.02. The standard InChI is InChI=1S/C6H10O5/c7-3-1-11-2-4(8)6(10)5(3)9/h1,4-10H,2H2. The van der Waals surface area contributed by atoms with Gasteiger partial charge in [-0.15, -0.1) is 0 Å². The molecule has 0 fully saturated rings. The molecule has 5 heteroatoms. The Labute approximate surface area is 63.2 Å². The van der Waals surface area contributed by atoms with Crippen LogP contribution in [0.3, 0.4) is 0 Å². The number of rotatable bonds is 0. The summed E-state index contributed by atoms with van der Waals surface area (Å²) in [6.07, 6.45) is -3.13. The van der Waals surface area contributed by atoms with Crippen LogP contribution in [0.4, 0.5) is 0 Å². The van der Waals surface area contributed by atoms with Crippen LogP contribution in [-0.4, -0.2) is 45.3 Å². The SMILES string of the molecule is OC1=COCC(O)C(O)C1O. The van der Waals surface area contributed by atoms with Gasteiger partial charge in [-0.3, -0.25) is 0 Å². The van der Waals surface area contributed by atoms with E-state index >= 15 is 0 Å². The Morgan fingerprint density at radius 3 is 2.64 bits per heavy atom. The minimum absolute atomic E-state index is 0.137. The zero-order valence-corrected chi connectivity index (χ0v) is 5.71. The highest BCUT2D eigenvalue weighted by atomic mass is 16.5. The number of aliphatic hydroxyl groups is 4. The van der Waals surface area contributed by atoms with Gasteiger partial charge in [0.25, 0.3) is 0 Å². The zero-order valence-electron chi connectivity index (χ0n) is 5.71. The van der Waals surface area contributed by atoms with E-state index in [-0.39, 0.29) is 6.61 Å². The van der Waals surface area contributed by atoms with Crippen LogP contribution in [0.5, 0.6) is 0 Å². The average Bonchev–Trinajstić information content (AvgIpc) is 2.07. The van der Waals surface area contributed by atoms with Crippen molar-refractivity contribution >= 4 is 0 Å². The van der Waals surface area contributed by atoms with Crippen molar-refractivity contribution in [1.29, 1.82) is 0 Å². The fourth-order valence-electron chi connectivity index (χ4n) is 0.786. The molecule has 1 heterocycles. The molecule has 0 aromatic carbocycles. The van der Waals surface area contributed by atoms with Crippen molar-refractivity contribution in [2.24, 2.45) is 0 Å². The summed E-state index contributed by atoms with van der Waals surface area (Å²) in [6.45, 7) is -0.137. The first-order chi connectivity index (χ1) is 5.13. The maximum absolute atomic E-state index is 9.02. The normalized spacial score (nSPS) is 38.8. The Balaban J connectivity index is 2.70. The van der Waals surface area contributed by atoms with Crippen LogP contribution in [0.25, 0.3) is 0 Å². The van der Waals surface area contributed by atoms with Crippen LogP contribution < -0.4 is 0 Å². The average molecular weight is 162 g/mol. The molecule has 3 atom stereocenters. The fraction of sp³-hybridized carbons (Fsp3) is 0.667. The molecular weight excluding hydrogens is 152 g/mol. The maximum Gasteiger partial charge on any atom is 0.158 e. The molecule has 3 unspecified atom stereocenters. The van der Waals surface area contributed by atoms with Crippen LogP contribution in [0.1, 0.15) is 0 Å². The van der Waals surface area contributed by atoms with Crippen LogP contribution in [0.2, 0.25) is 0 Å². The van der Waals surface area contributed by atoms with Gasteiger partial charge in [0, 0.05) is 0 Å². The highest BCUT2D eigenvalue weighted by Crippen LogP contribution is 2.12. The van der Waals surface area contributed by atoms with E-state index in [2.05, 4.69) is 4.74 Å². The lowest BCUT2D eigenvalue weighted by Gasteiger charge is -2.17. The third-order valence-corrected chi connectivity index (χ3v) is 1.49. The summed E-state index contributed by atoms with van der Waals surface area (Å²) in [6, 6.07) is 0. The highest BCUT2D eigenvalue weighted by Gasteiger charge is 2.30. The van der Waals surface area contributed by atoms with E-state index in [1.807, 2.05) is 0 Å². The summed E-state index contributed by atoms with van der Waals surface area (Å²) in [5.41, 5.74) is 0. The van der Waals surface area contributed by atoms with Crippen molar-refractivity contribution in [2.75, 3.05) is 6.61 Å². The van der Waals surface area contributed by atoms with Crippen LogP contribution in [-0.2, 0) is 4.74 Å². The van der Waals surface area contributed by atoms with Gasteiger partial charge in [0.2, 0.25) is 0 Å². The first-order valence-corrected chi connectivity index (χ1v) is 3.17. The molecule has 0 amide bonds. The molecule has 0 bridgehead atoms. The van der Waals surface area contributed by atoms with Crippen molar-refractivity contribution in [3.63, 3.8) is 0 Å². The second-order valence-electron chi connectivity index (χ2n) is 2.38. The molecule has 64 valence electrons. The van der Waals surface area contributed by atoms with E-state index in [0.29, 0.717) is 0 Å². The first kappa shape index (κ1) is 8.32. The van der Waals surface area contributed by atoms with Gasteiger partial charge in [0.1, 0.15) is 31.2 Å². The van der Waals surface area contributed by atoms with Crippen molar-refractivity contribution in [1.82, 2.24) is 0 Å². The fourth-order valence-corrected chi connectivity index (χ4v) is 0.786. The molecule has 0 saturated carbocycles. The lowest BCUT2D eigenvalue weighted by atomic mass is 10.1. The van der Waals surface area contributed by atoms with Crippen LogP contribution >= 0.6 is 0 Å². The number of ether oxygens (including phenoxy) is 1. The Morgan fingerprint density at radius 1 is 1.36 bits per heavy atom. The van der Waals surface area contributed by atoms with E-state index in [9.17, 15) is 0 Å². The zero-order chi connectivity index (χ0) is 8.43. The summed E-state index contributed by atoms with van der Waals surface area (Å²) < 4.78 is 4.58. The quantitative estimate of drug-likeness (QED) is 0.348. The summed E-state index contributed by atoms with van der Waals surface area (Å²) in [4.78, 5) is 0. The molecule has 0 aromatic heterocycles.